The highest BCUT2D eigenvalue weighted by molar-refractivity contribution is 5.97. The van der Waals surface area contributed by atoms with E-state index in [1.54, 1.807) is 0 Å². The summed E-state index contributed by atoms with van der Waals surface area (Å²) >= 11 is 0. The van der Waals surface area contributed by atoms with Crippen molar-refractivity contribution in [3.05, 3.63) is 28.2 Å². The maximum atomic E-state index is 10.7. The van der Waals surface area contributed by atoms with Gasteiger partial charge in [0.25, 0.3) is 5.56 Å². The molecule has 0 atom stereocenters. The first-order chi connectivity index (χ1) is 5.13. The summed E-state index contributed by atoms with van der Waals surface area (Å²) in [5.41, 5.74) is 4.46. The number of aromatic amines is 1. The molecule has 5 nitrogen and oxygen atoms in total. The van der Waals surface area contributed by atoms with Crippen LogP contribution < -0.4 is 11.3 Å². The number of aromatic hydroxyl groups is 1. The third-order valence-electron chi connectivity index (χ3n) is 1.22. The van der Waals surface area contributed by atoms with Crippen molar-refractivity contribution in [2.24, 2.45) is 5.73 Å². The van der Waals surface area contributed by atoms with Gasteiger partial charge < -0.3 is 15.8 Å². The first-order valence-corrected chi connectivity index (χ1v) is 2.88. The van der Waals surface area contributed by atoms with Gasteiger partial charge in [0.2, 0.25) is 0 Å². The second kappa shape index (κ2) is 2.45. The zero-order chi connectivity index (χ0) is 8.43. The Morgan fingerprint density at radius 3 is 2.82 bits per heavy atom. The minimum atomic E-state index is -0.641. The summed E-state index contributed by atoms with van der Waals surface area (Å²) in [6, 6.07) is 1.36. The molecule has 0 saturated carbocycles. The third-order valence-corrected chi connectivity index (χ3v) is 1.22. The van der Waals surface area contributed by atoms with Crippen LogP contribution >= 0.6 is 0 Å². The SMILES string of the molecule is N=C(N)c1cc[nH]c(=O)c1O. The van der Waals surface area contributed by atoms with E-state index in [2.05, 4.69) is 4.98 Å². The van der Waals surface area contributed by atoms with Crippen LogP contribution in [0.2, 0.25) is 0 Å². The van der Waals surface area contributed by atoms with Crippen LogP contribution in [0, 0.1) is 5.41 Å². The van der Waals surface area contributed by atoms with Gasteiger partial charge in [-0.25, -0.2) is 0 Å². The number of rotatable bonds is 1. The van der Waals surface area contributed by atoms with Gasteiger partial charge in [-0.05, 0) is 6.07 Å². The van der Waals surface area contributed by atoms with E-state index >= 15 is 0 Å². The van der Waals surface area contributed by atoms with Gasteiger partial charge in [0.15, 0.2) is 5.75 Å². The molecule has 1 aromatic heterocycles. The van der Waals surface area contributed by atoms with Crippen molar-refractivity contribution in [3.8, 4) is 5.75 Å². The lowest BCUT2D eigenvalue weighted by Gasteiger charge is -1.98. The van der Waals surface area contributed by atoms with Gasteiger partial charge >= 0.3 is 0 Å². The Bertz CT molecular complexity index is 342. The lowest BCUT2D eigenvalue weighted by atomic mass is 10.2. The zero-order valence-electron chi connectivity index (χ0n) is 5.59. The van der Waals surface area contributed by atoms with Crippen molar-refractivity contribution >= 4 is 5.84 Å². The second-order valence-electron chi connectivity index (χ2n) is 1.98. The molecule has 0 bridgehead atoms. The smallest absolute Gasteiger partial charge is 0.290 e. The minimum Gasteiger partial charge on any atom is -0.503 e. The molecule has 1 heterocycles. The van der Waals surface area contributed by atoms with E-state index < -0.39 is 11.3 Å². The molecule has 0 spiro atoms. The number of hydrogen-bond acceptors (Lipinski definition) is 3. The van der Waals surface area contributed by atoms with Gasteiger partial charge in [0.1, 0.15) is 5.84 Å². The molecule has 5 N–H and O–H groups in total. The summed E-state index contributed by atoms with van der Waals surface area (Å²) < 4.78 is 0. The van der Waals surface area contributed by atoms with Crippen LogP contribution in [-0.4, -0.2) is 15.9 Å². The zero-order valence-corrected chi connectivity index (χ0v) is 5.59. The van der Waals surface area contributed by atoms with Crippen molar-refractivity contribution in [1.29, 1.82) is 5.41 Å². The molecular weight excluding hydrogens is 146 g/mol. The van der Waals surface area contributed by atoms with Crippen LogP contribution in [-0.2, 0) is 0 Å². The van der Waals surface area contributed by atoms with Crippen LogP contribution in [0.25, 0.3) is 0 Å². The van der Waals surface area contributed by atoms with E-state index in [0.29, 0.717) is 0 Å². The van der Waals surface area contributed by atoms with E-state index in [1.165, 1.54) is 12.3 Å². The highest BCUT2D eigenvalue weighted by Crippen LogP contribution is 2.06. The van der Waals surface area contributed by atoms with E-state index in [9.17, 15) is 4.79 Å². The van der Waals surface area contributed by atoms with E-state index in [-0.39, 0.29) is 11.4 Å². The Labute approximate surface area is 62.0 Å². The molecule has 0 saturated heterocycles. The van der Waals surface area contributed by atoms with E-state index in [1.807, 2.05) is 0 Å². The van der Waals surface area contributed by atoms with E-state index in [0.717, 1.165) is 0 Å². The van der Waals surface area contributed by atoms with Crippen LogP contribution in [0.15, 0.2) is 17.1 Å². The largest absolute Gasteiger partial charge is 0.503 e. The van der Waals surface area contributed by atoms with Crippen molar-refractivity contribution in [2.75, 3.05) is 0 Å². The first kappa shape index (κ1) is 7.33. The van der Waals surface area contributed by atoms with Crippen LogP contribution in [0.1, 0.15) is 5.56 Å². The van der Waals surface area contributed by atoms with Gasteiger partial charge in [-0.1, -0.05) is 0 Å². The molecule has 0 aliphatic heterocycles. The summed E-state index contributed by atoms with van der Waals surface area (Å²) in [6.07, 6.45) is 1.32. The van der Waals surface area contributed by atoms with Crippen LogP contribution in [0.5, 0.6) is 5.75 Å². The first-order valence-electron chi connectivity index (χ1n) is 2.88. The molecule has 0 aromatic carbocycles. The molecule has 11 heavy (non-hydrogen) atoms. The Balaban J connectivity index is 3.39. The number of amidine groups is 1. The second-order valence-corrected chi connectivity index (χ2v) is 1.98. The van der Waals surface area contributed by atoms with Crippen molar-refractivity contribution in [2.45, 2.75) is 0 Å². The lowest BCUT2D eigenvalue weighted by molar-refractivity contribution is 0.465. The number of nitrogen functional groups attached to an aromatic ring is 1. The molecule has 1 aromatic rings. The Morgan fingerprint density at radius 1 is 1.73 bits per heavy atom. The predicted molar refractivity (Wildman–Crippen MR) is 39.7 cm³/mol. The van der Waals surface area contributed by atoms with Gasteiger partial charge in [-0.2, -0.15) is 0 Å². The molecule has 0 aliphatic carbocycles. The lowest BCUT2D eigenvalue weighted by Crippen LogP contribution is -2.16. The van der Waals surface area contributed by atoms with Gasteiger partial charge in [0, 0.05) is 6.20 Å². The summed E-state index contributed by atoms with van der Waals surface area (Å²) in [5, 5.41) is 15.9. The third kappa shape index (κ3) is 1.21. The van der Waals surface area contributed by atoms with Gasteiger partial charge in [0.05, 0.1) is 5.56 Å². The molecule has 0 aliphatic rings. The van der Waals surface area contributed by atoms with E-state index in [4.69, 9.17) is 16.2 Å². The molecule has 5 heteroatoms. The molecule has 0 fully saturated rings. The summed E-state index contributed by atoms with van der Waals surface area (Å²) in [6.45, 7) is 0. The van der Waals surface area contributed by atoms with Crippen LogP contribution in [0.3, 0.4) is 0 Å². The minimum absolute atomic E-state index is 0.0498. The standard InChI is InChI=1S/C6H7N3O2/c7-5(8)3-1-2-9-6(11)4(3)10/h1-2,10H,(H3,7,8)(H,9,11). The van der Waals surface area contributed by atoms with Crippen molar-refractivity contribution in [3.63, 3.8) is 0 Å². The highest BCUT2D eigenvalue weighted by atomic mass is 16.3. The molecule has 0 amide bonds. The summed E-state index contributed by atoms with van der Waals surface area (Å²) in [4.78, 5) is 12.9. The average molecular weight is 153 g/mol. The number of H-pyrrole nitrogens is 1. The topological polar surface area (TPSA) is 103 Å². The van der Waals surface area contributed by atoms with Gasteiger partial charge in [-0.15, -0.1) is 0 Å². The Morgan fingerprint density at radius 2 is 2.36 bits per heavy atom. The molecule has 1 rings (SSSR count). The fraction of sp³-hybridized carbons (Fsp3) is 0. The molecule has 0 unspecified atom stereocenters. The number of nitrogens with two attached hydrogens (primary N) is 1. The monoisotopic (exact) mass is 153 g/mol. The molecule has 58 valence electrons. The van der Waals surface area contributed by atoms with Crippen molar-refractivity contribution < 1.29 is 5.11 Å². The fourth-order valence-corrected chi connectivity index (χ4v) is 0.688. The number of aromatic nitrogens is 1. The maximum absolute atomic E-state index is 10.7. The Kier molecular flexibility index (Phi) is 1.63. The summed E-state index contributed by atoms with van der Waals surface area (Å²) in [7, 11) is 0. The molecule has 0 radical (unpaired) electrons. The number of hydrogen-bond donors (Lipinski definition) is 4. The molecular formula is C6H7N3O2. The normalized spacial score (nSPS) is 9.45. The predicted octanol–water partition coefficient (Wildman–Crippen LogP) is -0.635. The van der Waals surface area contributed by atoms with Gasteiger partial charge in [-0.3, -0.25) is 10.2 Å². The maximum Gasteiger partial charge on any atom is 0.290 e. The number of nitrogens with one attached hydrogen (secondary N) is 2. The Hall–Kier alpha value is -1.78. The highest BCUT2D eigenvalue weighted by Gasteiger charge is 2.05. The average Bonchev–Trinajstić information content (AvgIpc) is 1.94. The quantitative estimate of drug-likeness (QED) is 0.319. The van der Waals surface area contributed by atoms with Crippen LogP contribution in [0.4, 0.5) is 0 Å². The van der Waals surface area contributed by atoms with Crippen molar-refractivity contribution in [1.82, 2.24) is 4.98 Å². The summed E-state index contributed by atoms with van der Waals surface area (Å²) in [5.74, 6) is -0.839. The number of pyridine rings is 1. The fourth-order valence-electron chi connectivity index (χ4n) is 0.688.